The summed E-state index contributed by atoms with van der Waals surface area (Å²) >= 11 is 6.48. The third kappa shape index (κ3) is 4.73. The molecule has 2 amide bonds. The summed E-state index contributed by atoms with van der Waals surface area (Å²) in [7, 11) is 0. The second kappa shape index (κ2) is 9.78. The first-order chi connectivity index (χ1) is 19.1. The molecule has 3 aromatic heterocycles. The first kappa shape index (κ1) is 26.1. The molecule has 2 atom stereocenters. The largest absolute Gasteiger partial charge is 0.435 e. The lowest BCUT2D eigenvalue weighted by Crippen LogP contribution is -2.51. The van der Waals surface area contributed by atoms with E-state index < -0.39 is 11.9 Å². The summed E-state index contributed by atoms with van der Waals surface area (Å²) in [4.78, 5) is 37.5. The Morgan fingerprint density at radius 1 is 1.12 bits per heavy atom. The van der Waals surface area contributed by atoms with Crippen molar-refractivity contribution in [1.29, 1.82) is 0 Å². The lowest BCUT2D eigenvalue weighted by molar-refractivity contribution is -0.140. The van der Waals surface area contributed by atoms with Crippen molar-refractivity contribution < 1.29 is 22.8 Å². The Morgan fingerprint density at radius 3 is 2.52 bits per heavy atom. The van der Waals surface area contributed by atoms with E-state index in [1.165, 1.54) is 23.0 Å². The summed E-state index contributed by atoms with van der Waals surface area (Å²) in [5, 5.41) is 8.88. The van der Waals surface area contributed by atoms with Gasteiger partial charge in [0.05, 0.1) is 34.0 Å². The van der Waals surface area contributed by atoms with E-state index in [1.54, 1.807) is 28.0 Å². The van der Waals surface area contributed by atoms with Gasteiger partial charge >= 0.3 is 6.18 Å². The number of halogens is 4. The molecule has 0 bridgehead atoms. The van der Waals surface area contributed by atoms with E-state index in [0.29, 0.717) is 43.9 Å². The molecule has 6 rings (SSSR count). The van der Waals surface area contributed by atoms with Crippen molar-refractivity contribution in [3.05, 3.63) is 59.3 Å². The zero-order valence-electron chi connectivity index (χ0n) is 20.8. The van der Waals surface area contributed by atoms with E-state index in [-0.39, 0.29) is 51.5 Å². The molecule has 0 unspecified atom stereocenters. The molecule has 40 heavy (non-hydrogen) atoms. The van der Waals surface area contributed by atoms with Crippen LogP contribution < -0.4 is 11.1 Å². The lowest BCUT2D eigenvalue weighted by Gasteiger charge is -2.35. The highest BCUT2D eigenvalue weighted by Gasteiger charge is 2.43. The number of fused-ring (bicyclic) bond motifs is 1. The van der Waals surface area contributed by atoms with Crippen LogP contribution in [0.5, 0.6) is 0 Å². The number of rotatable bonds is 5. The fourth-order valence-corrected chi connectivity index (χ4v) is 5.11. The van der Waals surface area contributed by atoms with Gasteiger partial charge in [0.25, 0.3) is 5.91 Å². The zero-order chi connectivity index (χ0) is 28.2. The van der Waals surface area contributed by atoms with Gasteiger partial charge in [-0.3, -0.25) is 19.1 Å². The number of carbonyl (C=O) groups is 2. The van der Waals surface area contributed by atoms with Crippen LogP contribution >= 0.6 is 11.6 Å². The van der Waals surface area contributed by atoms with Crippen LogP contribution in [0.15, 0.2) is 43.0 Å². The van der Waals surface area contributed by atoms with Crippen molar-refractivity contribution in [3.63, 3.8) is 0 Å². The quantitative estimate of drug-likeness (QED) is 0.333. The Kier molecular flexibility index (Phi) is 6.38. The van der Waals surface area contributed by atoms with Crippen LogP contribution in [0.4, 0.5) is 24.7 Å². The number of H-pyrrole nitrogens is 1. The van der Waals surface area contributed by atoms with Gasteiger partial charge in [0.2, 0.25) is 5.91 Å². The molecule has 11 nitrogen and oxygen atoms in total. The van der Waals surface area contributed by atoms with Crippen molar-refractivity contribution in [3.8, 4) is 11.3 Å². The molecule has 4 N–H and O–H groups in total. The molecule has 1 aliphatic heterocycles. The van der Waals surface area contributed by atoms with Gasteiger partial charge in [0, 0.05) is 56.5 Å². The topological polar surface area (TPSA) is 138 Å². The maximum Gasteiger partial charge on any atom is 0.435 e. The number of nitrogens with two attached hydrogens (primary N) is 1. The molecule has 4 heterocycles. The van der Waals surface area contributed by atoms with Crippen LogP contribution in [-0.4, -0.2) is 78.4 Å². The fraction of sp³-hybridized carbons (Fsp3) is 0.320. The number of alkyl halides is 3. The normalized spacial score (nSPS) is 19.2. The molecule has 1 saturated carbocycles. The predicted molar refractivity (Wildman–Crippen MR) is 139 cm³/mol. The van der Waals surface area contributed by atoms with Gasteiger partial charge < -0.3 is 20.9 Å². The molecule has 1 aliphatic carbocycles. The summed E-state index contributed by atoms with van der Waals surface area (Å²) in [6.07, 6.45) is 1.47. The maximum absolute atomic E-state index is 13.4. The summed E-state index contributed by atoms with van der Waals surface area (Å²) in [5.41, 5.74) is 5.87. The van der Waals surface area contributed by atoms with E-state index in [4.69, 9.17) is 17.3 Å². The highest BCUT2D eigenvalue weighted by molar-refractivity contribution is 6.34. The van der Waals surface area contributed by atoms with Gasteiger partial charge in [-0.1, -0.05) is 11.6 Å². The van der Waals surface area contributed by atoms with Gasteiger partial charge in [-0.25, -0.2) is 9.97 Å². The minimum absolute atomic E-state index is 0.0480. The maximum atomic E-state index is 13.4. The average Bonchev–Trinajstić information content (AvgIpc) is 3.29. The number of hydrogen-bond acceptors (Lipinski definition) is 7. The third-order valence-corrected chi connectivity index (χ3v) is 7.42. The lowest BCUT2D eigenvalue weighted by atomic mass is 10.1. The van der Waals surface area contributed by atoms with Crippen LogP contribution in [0.1, 0.15) is 22.5 Å². The molecular weight excluding hydrogens is 551 g/mol. The Bertz CT molecular complexity index is 1610. The standard InChI is InChI=1S/C25H23ClF3N9O2/c26-17-9-13(1-2-14(17)23(39)36-5-7-37(8-6-36)24(40)15-10-18(15)30)34-21-22-32-12-19(38(22)4-3-31-21)16-11-33-35-20(16)25(27,28)29/h1-4,9,11-12,15,18H,5-8,10,30H2,(H,31,34)(H,33,35)/t15-,18+/m1/s1. The van der Waals surface area contributed by atoms with Gasteiger partial charge in [-0.2, -0.15) is 18.3 Å². The highest BCUT2D eigenvalue weighted by Crippen LogP contribution is 2.36. The molecule has 208 valence electrons. The number of aromatic nitrogens is 5. The van der Waals surface area contributed by atoms with Gasteiger partial charge in [0.15, 0.2) is 17.2 Å². The Balaban J connectivity index is 1.17. The number of piperazine rings is 1. The van der Waals surface area contributed by atoms with Crippen LogP contribution in [-0.2, 0) is 11.0 Å². The minimum atomic E-state index is -4.64. The molecule has 1 aromatic carbocycles. The number of nitrogens with zero attached hydrogens (tertiary/aromatic N) is 6. The van der Waals surface area contributed by atoms with Crippen LogP contribution in [0.3, 0.4) is 0 Å². The second-order valence-corrected chi connectivity index (χ2v) is 10.1. The molecule has 15 heteroatoms. The predicted octanol–water partition coefficient (Wildman–Crippen LogP) is 3.17. The number of benzene rings is 1. The molecule has 2 aliphatic rings. The van der Waals surface area contributed by atoms with Crippen LogP contribution in [0, 0.1) is 5.92 Å². The zero-order valence-corrected chi connectivity index (χ0v) is 21.6. The molecule has 2 fully saturated rings. The van der Waals surface area contributed by atoms with E-state index in [2.05, 4.69) is 25.5 Å². The van der Waals surface area contributed by atoms with E-state index in [0.717, 1.165) is 6.20 Å². The first-order valence-electron chi connectivity index (χ1n) is 12.5. The SMILES string of the molecule is N[C@H]1C[C@H]1C(=O)N1CCN(C(=O)c2ccc(Nc3nccn4c(-c5c[nH]nc5C(F)(F)F)cnc34)cc2Cl)CC1. The van der Waals surface area contributed by atoms with Gasteiger partial charge in [0.1, 0.15) is 0 Å². The Labute approximate surface area is 230 Å². The summed E-state index contributed by atoms with van der Waals surface area (Å²) < 4.78 is 41.6. The smallest absolute Gasteiger partial charge is 0.339 e. The van der Waals surface area contributed by atoms with E-state index >= 15 is 0 Å². The number of aromatic amines is 1. The molecular formula is C25H23ClF3N9O2. The number of amides is 2. The van der Waals surface area contributed by atoms with Crippen LogP contribution in [0.2, 0.25) is 5.02 Å². The molecule has 0 spiro atoms. The highest BCUT2D eigenvalue weighted by atomic mass is 35.5. The minimum Gasteiger partial charge on any atom is -0.339 e. The van der Waals surface area contributed by atoms with Gasteiger partial charge in [-0.15, -0.1) is 0 Å². The number of anilines is 2. The number of nitrogens with one attached hydrogen (secondary N) is 2. The first-order valence-corrected chi connectivity index (χ1v) is 12.8. The van der Waals surface area contributed by atoms with Gasteiger partial charge in [-0.05, 0) is 24.6 Å². The summed E-state index contributed by atoms with van der Waals surface area (Å²) in [5.74, 6) is -0.0249. The number of carbonyl (C=O) groups excluding carboxylic acids is 2. The monoisotopic (exact) mass is 573 g/mol. The summed E-state index contributed by atoms with van der Waals surface area (Å²) in [6, 6.07) is 4.75. The van der Waals surface area contributed by atoms with Crippen molar-refractivity contribution in [2.45, 2.75) is 18.6 Å². The van der Waals surface area contributed by atoms with Crippen molar-refractivity contribution in [2.24, 2.45) is 11.7 Å². The van der Waals surface area contributed by atoms with E-state index in [1.807, 2.05) is 0 Å². The van der Waals surface area contributed by atoms with E-state index in [9.17, 15) is 22.8 Å². The molecule has 1 saturated heterocycles. The average molecular weight is 574 g/mol. The second-order valence-electron chi connectivity index (χ2n) is 9.70. The Hall–Kier alpha value is -4.17. The van der Waals surface area contributed by atoms with Crippen molar-refractivity contribution >= 4 is 40.6 Å². The van der Waals surface area contributed by atoms with Crippen molar-refractivity contribution in [1.82, 2.24) is 34.4 Å². The molecule has 0 radical (unpaired) electrons. The van der Waals surface area contributed by atoms with Crippen LogP contribution in [0.25, 0.3) is 16.9 Å². The summed E-state index contributed by atoms with van der Waals surface area (Å²) in [6.45, 7) is 1.67. The fourth-order valence-electron chi connectivity index (χ4n) is 4.84. The Morgan fingerprint density at radius 2 is 1.85 bits per heavy atom. The third-order valence-electron chi connectivity index (χ3n) is 7.11. The number of imidazole rings is 1. The number of hydrogen-bond donors (Lipinski definition) is 3. The molecule has 4 aromatic rings. The van der Waals surface area contributed by atoms with Crippen molar-refractivity contribution in [2.75, 3.05) is 31.5 Å².